The van der Waals surface area contributed by atoms with Crippen LogP contribution in [0.4, 0.5) is 5.69 Å². The van der Waals surface area contributed by atoms with Gasteiger partial charge in [0, 0.05) is 11.1 Å². The van der Waals surface area contributed by atoms with E-state index in [2.05, 4.69) is 5.32 Å². The van der Waals surface area contributed by atoms with E-state index < -0.39 is 0 Å². The minimum Gasteiger partial charge on any atom is -0.489 e. The first-order valence-electron chi connectivity index (χ1n) is 4.09. The van der Waals surface area contributed by atoms with E-state index in [-0.39, 0.29) is 12.6 Å². The number of rotatable bonds is 1. The predicted molar refractivity (Wildman–Crippen MR) is 51.4 cm³/mol. The van der Waals surface area contributed by atoms with Gasteiger partial charge in [0.1, 0.15) is 12.4 Å². The maximum Gasteiger partial charge on any atom is 0.143 e. The van der Waals surface area contributed by atoms with Crippen LogP contribution in [0.15, 0.2) is 18.2 Å². The lowest BCUT2D eigenvalue weighted by molar-refractivity contribution is 0.207. The second kappa shape index (κ2) is 3.44. The van der Waals surface area contributed by atoms with Crippen molar-refractivity contribution < 1.29 is 9.84 Å². The number of halogens is 1. The molecular formula is C9H10ClNO2. The van der Waals surface area contributed by atoms with Crippen LogP contribution in [0.25, 0.3) is 0 Å². The highest BCUT2D eigenvalue weighted by molar-refractivity contribution is 6.30. The second-order valence-electron chi connectivity index (χ2n) is 2.98. The molecule has 1 heterocycles. The Balaban J connectivity index is 2.26. The van der Waals surface area contributed by atoms with Crippen LogP contribution in [0.2, 0.25) is 5.02 Å². The average molecular weight is 200 g/mol. The molecule has 0 saturated carbocycles. The Hall–Kier alpha value is -0.930. The third-order valence-electron chi connectivity index (χ3n) is 1.96. The van der Waals surface area contributed by atoms with Crippen molar-refractivity contribution in [2.45, 2.75) is 6.04 Å². The number of hydrogen-bond acceptors (Lipinski definition) is 3. The minimum absolute atomic E-state index is 0.0197. The molecule has 0 unspecified atom stereocenters. The highest BCUT2D eigenvalue weighted by Gasteiger charge is 2.17. The first-order chi connectivity index (χ1) is 6.29. The number of benzene rings is 1. The molecule has 3 nitrogen and oxygen atoms in total. The van der Waals surface area contributed by atoms with E-state index in [1.807, 2.05) is 6.07 Å². The summed E-state index contributed by atoms with van der Waals surface area (Å²) in [4.78, 5) is 0. The molecule has 1 atom stereocenters. The molecule has 1 aromatic carbocycles. The van der Waals surface area contributed by atoms with Crippen molar-refractivity contribution >= 4 is 17.3 Å². The van der Waals surface area contributed by atoms with Crippen LogP contribution in [0.1, 0.15) is 0 Å². The molecule has 70 valence electrons. The molecule has 0 saturated heterocycles. The summed E-state index contributed by atoms with van der Waals surface area (Å²) in [6.07, 6.45) is 0. The Labute approximate surface area is 81.3 Å². The van der Waals surface area contributed by atoms with Crippen molar-refractivity contribution in [1.82, 2.24) is 0 Å². The normalized spacial score (nSPS) is 20.0. The van der Waals surface area contributed by atoms with E-state index in [4.69, 9.17) is 21.4 Å². The third kappa shape index (κ3) is 1.71. The first-order valence-corrected chi connectivity index (χ1v) is 4.47. The zero-order valence-electron chi connectivity index (χ0n) is 6.96. The maximum absolute atomic E-state index is 8.90. The number of ether oxygens (including phenoxy) is 1. The van der Waals surface area contributed by atoms with Gasteiger partial charge in [-0.05, 0) is 12.1 Å². The topological polar surface area (TPSA) is 41.5 Å². The largest absolute Gasteiger partial charge is 0.489 e. The lowest BCUT2D eigenvalue weighted by Gasteiger charge is -2.25. The molecule has 0 fully saturated rings. The second-order valence-corrected chi connectivity index (χ2v) is 3.41. The van der Waals surface area contributed by atoms with Gasteiger partial charge in [0.2, 0.25) is 0 Å². The molecule has 0 radical (unpaired) electrons. The van der Waals surface area contributed by atoms with Gasteiger partial charge in [-0.3, -0.25) is 0 Å². The van der Waals surface area contributed by atoms with E-state index in [1.54, 1.807) is 12.1 Å². The van der Waals surface area contributed by atoms with Crippen LogP contribution >= 0.6 is 11.6 Å². The lowest BCUT2D eigenvalue weighted by Crippen LogP contribution is -2.34. The van der Waals surface area contributed by atoms with Crippen LogP contribution in [-0.4, -0.2) is 24.4 Å². The van der Waals surface area contributed by atoms with Gasteiger partial charge in [-0.15, -0.1) is 0 Å². The van der Waals surface area contributed by atoms with Crippen molar-refractivity contribution in [3.05, 3.63) is 23.2 Å². The van der Waals surface area contributed by atoms with Gasteiger partial charge in [0.15, 0.2) is 0 Å². The molecule has 2 rings (SSSR count). The molecular weight excluding hydrogens is 190 g/mol. The molecule has 13 heavy (non-hydrogen) atoms. The smallest absolute Gasteiger partial charge is 0.143 e. The molecule has 0 aliphatic carbocycles. The van der Waals surface area contributed by atoms with Crippen LogP contribution in [0, 0.1) is 0 Å². The van der Waals surface area contributed by atoms with Crippen molar-refractivity contribution in [1.29, 1.82) is 0 Å². The van der Waals surface area contributed by atoms with Crippen LogP contribution in [-0.2, 0) is 0 Å². The third-order valence-corrected chi connectivity index (χ3v) is 2.20. The highest BCUT2D eigenvalue weighted by Crippen LogP contribution is 2.31. The van der Waals surface area contributed by atoms with Gasteiger partial charge in [-0.2, -0.15) is 0 Å². The quantitative estimate of drug-likeness (QED) is 0.721. The van der Waals surface area contributed by atoms with Gasteiger partial charge in [0.05, 0.1) is 18.3 Å². The number of anilines is 1. The summed E-state index contributed by atoms with van der Waals surface area (Å²) >= 11 is 5.79. The summed E-state index contributed by atoms with van der Waals surface area (Å²) < 4.78 is 5.40. The number of aliphatic hydroxyl groups is 1. The monoisotopic (exact) mass is 199 g/mol. The van der Waals surface area contributed by atoms with Crippen molar-refractivity contribution in [3.63, 3.8) is 0 Å². The maximum atomic E-state index is 8.90. The summed E-state index contributed by atoms with van der Waals surface area (Å²) in [6, 6.07) is 5.38. The van der Waals surface area contributed by atoms with E-state index in [0.29, 0.717) is 11.6 Å². The Morgan fingerprint density at radius 3 is 3.23 bits per heavy atom. The zero-order chi connectivity index (χ0) is 9.26. The van der Waals surface area contributed by atoms with Crippen molar-refractivity contribution in [2.24, 2.45) is 0 Å². The molecule has 0 amide bonds. The van der Waals surface area contributed by atoms with Crippen LogP contribution < -0.4 is 10.1 Å². The van der Waals surface area contributed by atoms with Gasteiger partial charge in [-0.25, -0.2) is 0 Å². The minimum atomic E-state index is -0.0197. The summed E-state index contributed by atoms with van der Waals surface area (Å²) in [6.45, 7) is 0.548. The van der Waals surface area contributed by atoms with Gasteiger partial charge >= 0.3 is 0 Å². The van der Waals surface area contributed by atoms with Crippen LogP contribution in [0.3, 0.4) is 0 Å². The average Bonchev–Trinajstić information content (AvgIpc) is 2.17. The fraction of sp³-hybridized carbons (Fsp3) is 0.333. The summed E-state index contributed by atoms with van der Waals surface area (Å²) in [7, 11) is 0. The molecule has 1 aromatic rings. The lowest BCUT2D eigenvalue weighted by atomic mass is 10.2. The Kier molecular flexibility index (Phi) is 2.29. The standard InChI is InChI=1S/C9H10ClNO2/c10-6-1-2-8-9(3-6)13-5-7(4-12)11-8/h1-3,7,11-12H,4-5H2/t7-/m0/s1. The molecule has 1 aliphatic rings. The van der Waals surface area contributed by atoms with E-state index >= 15 is 0 Å². The molecule has 1 aliphatic heterocycles. The predicted octanol–water partition coefficient (Wildman–Crippen LogP) is 1.51. The Morgan fingerprint density at radius 2 is 2.46 bits per heavy atom. The van der Waals surface area contributed by atoms with Crippen LogP contribution in [0.5, 0.6) is 5.75 Å². The summed E-state index contributed by atoms with van der Waals surface area (Å²) in [5.74, 6) is 0.747. The van der Waals surface area contributed by atoms with E-state index in [1.165, 1.54) is 0 Å². The summed E-state index contributed by atoms with van der Waals surface area (Å²) in [5.41, 5.74) is 0.884. The fourth-order valence-electron chi connectivity index (χ4n) is 1.29. The Bertz CT molecular complexity index is 316. The molecule has 0 bridgehead atoms. The molecule has 0 spiro atoms. The van der Waals surface area contributed by atoms with Crippen molar-refractivity contribution in [2.75, 3.05) is 18.5 Å². The number of fused-ring (bicyclic) bond motifs is 1. The van der Waals surface area contributed by atoms with E-state index in [9.17, 15) is 0 Å². The number of nitrogens with one attached hydrogen (secondary N) is 1. The highest BCUT2D eigenvalue weighted by atomic mass is 35.5. The SMILES string of the molecule is OC[C@H]1COc2cc(Cl)ccc2N1. The van der Waals surface area contributed by atoms with Crippen molar-refractivity contribution in [3.8, 4) is 5.75 Å². The fourth-order valence-corrected chi connectivity index (χ4v) is 1.45. The van der Waals surface area contributed by atoms with Gasteiger partial charge in [0.25, 0.3) is 0 Å². The number of hydrogen-bond donors (Lipinski definition) is 2. The molecule has 4 heteroatoms. The Morgan fingerprint density at radius 1 is 1.62 bits per heavy atom. The number of aliphatic hydroxyl groups excluding tert-OH is 1. The summed E-state index contributed by atoms with van der Waals surface area (Å²) in [5, 5.41) is 12.7. The zero-order valence-corrected chi connectivity index (χ0v) is 7.71. The van der Waals surface area contributed by atoms with Gasteiger partial charge < -0.3 is 15.2 Å². The van der Waals surface area contributed by atoms with E-state index in [0.717, 1.165) is 11.4 Å². The first kappa shape index (κ1) is 8.66. The molecule has 2 N–H and O–H groups in total. The van der Waals surface area contributed by atoms with Gasteiger partial charge in [-0.1, -0.05) is 11.6 Å². The molecule has 0 aromatic heterocycles.